The standard InChI is InChI=1S/C21H17Cl2N5/c1-28-12-3-5-17(28)18-14(7-12)15(8-24)20(27)21(9-25,10-26)19(18)13-4-2-11(22)6-16(13)23/h2,4,6-7,12,17-19H,3,5,27H2,1H3/t12-,17-,18-,19-/m1/s1. The predicted molar refractivity (Wildman–Crippen MR) is 106 cm³/mol. The van der Waals surface area contributed by atoms with Crippen LogP contribution >= 0.6 is 23.2 Å². The quantitative estimate of drug-likeness (QED) is 0.757. The summed E-state index contributed by atoms with van der Waals surface area (Å²) in [6.45, 7) is 0. The maximum Gasteiger partial charge on any atom is 0.191 e. The SMILES string of the molecule is CN1[C@@H]2CC[C@@H]1C=C1C(C#N)=C(N)C(C#N)(C#N)[C@H](c3ccc(Cl)cc3Cl)[C@H]12. The summed E-state index contributed by atoms with van der Waals surface area (Å²) < 4.78 is 0. The highest BCUT2D eigenvalue weighted by atomic mass is 35.5. The molecule has 1 aromatic carbocycles. The largest absolute Gasteiger partial charge is 0.399 e. The lowest BCUT2D eigenvalue weighted by molar-refractivity contribution is 0.160. The van der Waals surface area contributed by atoms with Crippen molar-refractivity contribution in [2.75, 3.05) is 7.05 Å². The number of hydrogen-bond acceptors (Lipinski definition) is 5. The van der Waals surface area contributed by atoms with E-state index in [1.54, 1.807) is 18.2 Å². The summed E-state index contributed by atoms with van der Waals surface area (Å²) in [5.74, 6) is -0.828. The molecule has 1 aliphatic carbocycles. The minimum Gasteiger partial charge on any atom is -0.399 e. The molecule has 1 saturated heterocycles. The molecule has 5 nitrogen and oxygen atoms in total. The van der Waals surface area contributed by atoms with Crippen LogP contribution in [-0.4, -0.2) is 24.0 Å². The molecule has 1 aromatic rings. The lowest BCUT2D eigenvalue weighted by Gasteiger charge is -2.48. The molecule has 4 atom stereocenters. The normalized spacial score (nSPS) is 30.6. The lowest BCUT2D eigenvalue weighted by atomic mass is 9.56. The van der Waals surface area contributed by atoms with Crippen LogP contribution in [0.3, 0.4) is 0 Å². The third-order valence-electron chi connectivity index (χ3n) is 6.52. The fourth-order valence-corrected chi connectivity index (χ4v) is 5.71. The van der Waals surface area contributed by atoms with E-state index in [2.05, 4.69) is 29.2 Å². The summed E-state index contributed by atoms with van der Waals surface area (Å²) in [5.41, 5.74) is 6.43. The van der Waals surface area contributed by atoms with Crippen LogP contribution in [0.2, 0.25) is 10.0 Å². The molecule has 0 amide bonds. The van der Waals surface area contributed by atoms with Crippen LogP contribution in [0, 0.1) is 45.3 Å². The van der Waals surface area contributed by atoms with Crippen molar-refractivity contribution in [3.8, 4) is 18.2 Å². The van der Waals surface area contributed by atoms with Crippen molar-refractivity contribution in [1.29, 1.82) is 15.8 Å². The van der Waals surface area contributed by atoms with Crippen LogP contribution in [0.1, 0.15) is 24.3 Å². The smallest absolute Gasteiger partial charge is 0.191 e. The summed E-state index contributed by atoms with van der Waals surface area (Å²) in [4.78, 5) is 2.26. The van der Waals surface area contributed by atoms with Gasteiger partial charge in [0.25, 0.3) is 0 Å². The van der Waals surface area contributed by atoms with Gasteiger partial charge in [-0.25, -0.2) is 0 Å². The van der Waals surface area contributed by atoms with E-state index in [0.29, 0.717) is 15.6 Å². The van der Waals surface area contributed by atoms with Gasteiger partial charge in [0.1, 0.15) is 6.07 Å². The first-order valence-corrected chi connectivity index (χ1v) is 9.77. The van der Waals surface area contributed by atoms with E-state index in [0.717, 1.165) is 18.4 Å². The van der Waals surface area contributed by atoms with Gasteiger partial charge in [0.05, 0.1) is 23.4 Å². The van der Waals surface area contributed by atoms with Gasteiger partial charge in [0.2, 0.25) is 0 Å². The summed E-state index contributed by atoms with van der Waals surface area (Å²) in [5, 5.41) is 31.0. The van der Waals surface area contributed by atoms with Crippen molar-refractivity contribution in [1.82, 2.24) is 4.90 Å². The number of hydrogen-bond donors (Lipinski definition) is 1. The number of halogens is 2. The molecule has 2 bridgehead atoms. The first-order chi connectivity index (χ1) is 13.4. The minimum absolute atomic E-state index is 0.0162. The van der Waals surface area contributed by atoms with Gasteiger partial charge in [-0.2, -0.15) is 15.8 Å². The van der Waals surface area contributed by atoms with E-state index in [4.69, 9.17) is 28.9 Å². The lowest BCUT2D eigenvalue weighted by Crippen LogP contribution is -2.51. The van der Waals surface area contributed by atoms with E-state index in [9.17, 15) is 15.8 Å². The van der Waals surface area contributed by atoms with Crippen molar-refractivity contribution in [2.45, 2.75) is 30.8 Å². The molecule has 0 radical (unpaired) electrons. The number of benzene rings is 1. The highest BCUT2D eigenvalue weighted by Crippen LogP contribution is 2.59. The predicted octanol–water partition coefficient (Wildman–Crippen LogP) is 3.88. The van der Waals surface area contributed by atoms with Crippen LogP contribution in [0.4, 0.5) is 0 Å². The summed E-state index contributed by atoms with van der Waals surface area (Å²) in [6.07, 6.45) is 3.96. The van der Waals surface area contributed by atoms with Crippen molar-refractivity contribution in [2.24, 2.45) is 17.1 Å². The number of fused-ring (bicyclic) bond motifs is 4. The van der Waals surface area contributed by atoms with Crippen molar-refractivity contribution in [3.05, 3.63) is 56.7 Å². The second-order valence-electron chi connectivity index (χ2n) is 7.60. The average Bonchev–Trinajstić information content (AvgIpc) is 2.91. The van der Waals surface area contributed by atoms with Gasteiger partial charge in [-0.3, -0.25) is 4.90 Å². The molecular formula is C21H17Cl2N5. The zero-order valence-electron chi connectivity index (χ0n) is 15.2. The molecule has 2 heterocycles. The van der Waals surface area contributed by atoms with Crippen LogP contribution in [-0.2, 0) is 0 Å². The average molecular weight is 410 g/mol. The molecule has 1 fully saturated rings. The van der Waals surface area contributed by atoms with Crippen molar-refractivity contribution < 1.29 is 0 Å². The number of nitrogens with two attached hydrogens (primary N) is 1. The van der Waals surface area contributed by atoms with Crippen LogP contribution < -0.4 is 5.73 Å². The molecule has 0 unspecified atom stereocenters. The molecule has 0 spiro atoms. The topological polar surface area (TPSA) is 101 Å². The van der Waals surface area contributed by atoms with E-state index in [1.165, 1.54) is 0 Å². The van der Waals surface area contributed by atoms with Gasteiger partial charge in [-0.1, -0.05) is 35.3 Å². The monoisotopic (exact) mass is 409 g/mol. The fraction of sp³-hybridized carbons (Fsp3) is 0.381. The Morgan fingerprint density at radius 1 is 1.18 bits per heavy atom. The number of rotatable bonds is 1. The molecule has 4 rings (SSSR count). The summed E-state index contributed by atoms with van der Waals surface area (Å²) in [7, 11) is 2.05. The van der Waals surface area contributed by atoms with Gasteiger partial charge in [0.15, 0.2) is 5.41 Å². The van der Waals surface area contributed by atoms with Crippen molar-refractivity contribution >= 4 is 23.2 Å². The van der Waals surface area contributed by atoms with Gasteiger partial charge < -0.3 is 5.73 Å². The molecule has 2 N–H and O–H groups in total. The highest BCUT2D eigenvalue weighted by Gasteiger charge is 2.58. The van der Waals surface area contributed by atoms with E-state index in [1.807, 2.05) is 7.05 Å². The number of nitrogens with zero attached hydrogens (tertiary/aromatic N) is 4. The number of likely N-dealkylation sites (N-methyl/N-ethyl adjacent to an activating group) is 1. The van der Waals surface area contributed by atoms with Gasteiger partial charge in [0, 0.05) is 34.0 Å². The summed E-state index contributed by atoms with van der Waals surface area (Å²) in [6, 6.07) is 11.9. The number of nitriles is 3. The molecule has 3 aliphatic rings. The van der Waals surface area contributed by atoms with E-state index in [-0.39, 0.29) is 29.3 Å². The van der Waals surface area contributed by atoms with Gasteiger partial charge >= 0.3 is 0 Å². The molecular weight excluding hydrogens is 393 g/mol. The second kappa shape index (κ2) is 6.54. The maximum atomic E-state index is 10.1. The Morgan fingerprint density at radius 2 is 1.89 bits per heavy atom. The highest BCUT2D eigenvalue weighted by molar-refractivity contribution is 6.35. The molecule has 0 aromatic heterocycles. The van der Waals surface area contributed by atoms with Crippen LogP contribution in [0.5, 0.6) is 0 Å². The fourth-order valence-electron chi connectivity index (χ4n) is 5.19. The Balaban J connectivity index is 2.07. The Labute approximate surface area is 173 Å². The Bertz CT molecular complexity index is 1040. The van der Waals surface area contributed by atoms with Crippen LogP contribution in [0.15, 0.2) is 41.1 Å². The van der Waals surface area contributed by atoms with Gasteiger partial charge in [-0.05, 0) is 43.2 Å². The third-order valence-corrected chi connectivity index (χ3v) is 7.08. The zero-order valence-corrected chi connectivity index (χ0v) is 16.7. The minimum atomic E-state index is -1.68. The zero-order chi connectivity index (χ0) is 20.2. The maximum absolute atomic E-state index is 10.1. The van der Waals surface area contributed by atoms with Crippen molar-refractivity contribution in [3.63, 3.8) is 0 Å². The second-order valence-corrected chi connectivity index (χ2v) is 8.44. The molecule has 0 saturated carbocycles. The molecule has 28 heavy (non-hydrogen) atoms. The first-order valence-electron chi connectivity index (χ1n) is 9.01. The Kier molecular flexibility index (Phi) is 4.40. The molecule has 140 valence electrons. The van der Waals surface area contributed by atoms with E-state index >= 15 is 0 Å². The molecule has 7 heteroatoms. The Hall–Kier alpha value is -2.49. The van der Waals surface area contributed by atoms with E-state index < -0.39 is 11.3 Å². The van der Waals surface area contributed by atoms with Crippen LogP contribution in [0.25, 0.3) is 0 Å². The number of allylic oxidation sites excluding steroid dienone is 2. The first kappa shape index (κ1) is 18.9. The molecule has 2 aliphatic heterocycles. The third kappa shape index (κ3) is 2.33. The van der Waals surface area contributed by atoms with Gasteiger partial charge in [-0.15, -0.1) is 0 Å². The summed E-state index contributed by atoms with van der Waals surface area (Å²) >= 11 is 12.6. The Morgan fingerprint density at radius 3 is 2.50 bits per heavy atom.